The number of nitrogens with one attached hydrogen (secondary N) is 2. The van der Waals surface area contributed by atoms with Crippen LogP contribution in [-0.2, 0) is 28.2 Å². The number of hydrogen-bond acceptors (Lipinski definition) is 6. The second-order valence-electron chi connectivity index (χ2n) is 7.53. The average molecular weight is 457 g/mol. The fourth-order valence-electron chi connectivity index (χ4n) is 3.62. The van der Waals surface area contributed by atoms with E-state index in [1.165, 1.54) is 17.4 Å². The van der Waals surface area contributed by atoms with Crippen molar-refractivity contribution in [3.05, 3.63) is 50.9 Å². The van der Waals surface area contributed by atoms with Gasteiger partial charge in [-0.2, -0.15) is 11.8 Å². The van der Waals surface area contributed by atoms with Crippen LogP contribution >= 0.6 is 23.1 Å². The Hall–Kier alpha value is -2.65. The van der Waals surface area contributed by atoms with E-state index >= 15 is 0 Å². The molecule has 7 nitrogen and oxygen atoms in total. The molecule has 31 heavy (non-hydrogen) atoms. The number of hydrogen-bond donors (Lipinski definition) is 2. The van der Waals surface area contributed by atoms with Gasteiger partial charge in [-0.3, -0.25) is 14.4 Å². The van der Waals surface area contributed by atoms with Crippen molar-refractivity contribution >= 4 is 56.5 Å². The van der Waals surface area contributed by atoms with E-state index in [1.807, 2.05) is 0 Å². The maximum Gasteiger partial charge on any atom is 0.259 e. The summed E-state index contributed by atoms with van der Waals surface area (Å²) in [6.45, 7) is 1.50. The highest BCUT2D eigenvalue weighted by Crippen LogP contribution is 2.34. The number of anilines is 2. The second-order valence-corrected chi connectivity index (χ2v) is 9.71. The Balaban J connectivity index is 1.26. The molecule has 2 aromatic heterocycles. The number of fused-ring (bicyclic) bond motifs is 3. The molecule has 0 unspecified atom stereocenters. The maximum absolute atomic E-state index is 12.5. The number of aryl methyl sites for hydroxylation is 2. The monoisotopic (exact) mass is 456 g/mol. The van der Waals surface area contributed by atoms with E-state index in [-0.39, 0.29) is 17.4 Å². The van der Waals surface area contributed by atoms with Crippen molar-refractivity contribution in [3.63, 3.8) is 0 Å². The fourth-order valence-corrected chi connectivity index (χ4v) is 5.71. The van der Waals surface area contributed by atoms with Crippen LogP contribution in [0.2, 0.25) is 0 Å². The van der Waals surface area contributed by atoms with Gasteiger partial charge in [0.05, 0.1) is 11.1 Å². The minimum Gasteiger partial charge on any atom is -0.326 e. The summed E-state index contributed by atoms with van der Waals surface area (Å²) < 4.78 is 0. The van der Waals surface area contributed by atoms with Crippen LogP contribution in [0.5, 0.6) is 0 Å². The van der Waals surface area contributed by atoms with Crippen LogP contribution in [0.25, 0.3) is 10.2 Å². The second kappa shape index (κ2) is 9.23. The van der Waals surface area contributed by atoms with Gasteiger partial charge in [-0.05, 0) is 49.1 Å². The van der Waals surface area contributed by atoms with Gasteiger partial charge in [0.2, 0.25) is 11.8 Å². The molecule has 0 saturated heterocycles. The first-order valence-electron chi connectivity index (χ1n) is 10.2. The van der Waals surface area contributed by atoms with Crippen molar-refractivity contribution in [1.82, 2.24) is 9.97 Å². The molecule has 1 aromatic carbocycles. The highest BCUT2D eigenvalue weighted by Gasteiger charge is 2.21. The van der Waals surface area contributed by atoms with Gasteiger partial charge in [0.25, 0.3) is 5.56 Å². The Labute approximate surface area is 188 Å². The third-order valence-corrected chi connectivity index (χ3v) is 7.50. The zero-order valence-electron chi connectivity index (χ0n) is 17.5. The fraction of sp³-hybridized carbons (Fsp3) is 0.364. The zero-order valence-corrected chi connectivity index (χ0v) is 19.1. The number of carbonyl (C=O) groups is 2. The van der Waals surface area contributed by atoms with E-state index in [0.29, 0.717) is 29.4 Å². The molecule has 0 aliphatic heterocycles. The number of nitrogens with zero attached hydrogens (tertiary/aromatic N) is 2. The highest BCUT2D eigenvalue weighted by atomic mass is 32.2. The van der Waals surface area contributed by atoms with Crippen LogP contribution in [0.15, 0.2) is 29.1 Å². The zero-order chi connectivity index (χ0) is 22.0. The topological polar surface area (TPSA) is 95.2 Å². The van der Waals surface area contributed by atoms with Crippen LogP contribution in [0, 0.1) is 0 Å². The van der Waals surface area contributed by atoms with Gasteiger partial charge in [0.15, 0.2) is 0 Å². The van der Waals surface area contributed by atoms with Gasteiger partial charge < -0.3 is 15.2 Å². The Bertz CT molecular complexity index is 1180. The van der Waals surface area contributed by atoms with Crippen LogP contribution in [0.4, 0.5) is 11.4 Å². The summed E-state index contributed by atoms with van der Waals surface area (Å²) in [7, 11) is 1.71. The van der Waals surface area contributed by atoms with Crippen molar-refractivity contribution in [3.8, 4) is 0 Å². The van der Waals surface area contributed by atoms with Gasteiger partial charge in [-0.25, -0.2) is 4.98 Å². The standard InChI is InChI=1S/C22H24N4O3S2/c1-13(27)26(2)15-8-6-14(7-9-15)23-19(28)10-11-30-12-18-24-21(29)20-16-4-3-5-17(16)31-22(20)25-18/h6-9H,3-5,10-12H2,1-2H3,(H,23,28)(H,24,25,29). The Morgan fingerprint density at radius 2 is 2.03 bits per heavy atom. The van der Waals surface area contributed by atoms with Crippen molar-refractivity contribution in [1.29, 1.82) is 0 Å². The Kier molecular flexibility index (Phi) is 6.43. The average Bonchev–Trinajstić information content (AvgIpc) is 3.32. The molecule has 0 radical (unpaired) electrons. The number of thiophene rings is 1. The summed E-state index contributed by atoms with van der Waals surface area (Å²) in [6.07, 6.45) is 3.50. The third-order valence-electron chi connectivity index (χ3n) is 5.35. The number of H-pyrrole nitrogens is 1. The lowest BCUT2D eigenvalue weighted by molar-refractivity contribution is -0.116. The summed E-state index contributed by atoms with van der Waals surface area (Å²) in [4.78, 5) is 47.3. The van der Waals surface area contributed by atoms with Gasteiger partial charge in [0.1, 0.15) is 10.7 Å². The SMILES string of the molecule is CC(=O)N(C)c1ccc(NC(=O)CCSCc2nc3sc4c(c3c(=O)[nH]2)CCC4)cc1. The van der Waals surface area contributed by atoms with Gasteiger partial charge in [0, 0.05) is 42.4 Å². The number of amides is 2. The molecule has 0 atom stereocenters. The van der Waals surface area contributed by atoms with Crippen LogP contribution in [0.3, 0.4) is 0 Å². The van der Waals surface area contributed by atoms with Gasteiger partial charge in [-0.1, -0.05) is 0 Å². The summed E-state index contributed by atoms with van der Waals surface area (Å²) in [5, 5.41) is 3.63. The molecule has 2 amide bonds. The number of benzene rings is 1. The minimum atomic E-state index is -0.0771. The van der Waals surface area contributed by atoms with E-state index in [1.54, 1.807) is 59.3 Å². The molecule has 0 saturated carbocycles. The number of aromatic amines is 1. The lowest BCUT2D eigenvalue weighted by Crippen LogP contribution is -2.22. The van der Waals surface area contributed by atoms with Crippen LogP contribution in [0.1, 0.15) is 36.0 Å². The van der Waals surface area contributed by atoms with Crippen LogP contribution in [-0.4, -0.2) is 34.6 Å². The molecule has 1 aliphatic rings. The van der Waals surface area contributed by atoms with Gasteiger partial charge >= 0.3 is 0 Å². The lowest BCUT2D eigenvalue weighted by atomic mass is 10.2. The first-order valence-corrected chi connectivity index (χ1v) is 12.1. The van der Waals surface area contributed by atoms with Crippen LogP contribution < -0.4 is 15.8 Å². The predicted octanol–water partition coefficient (Wildman–Crippen LogP) is 3.72. The van der Waals surface area contributed by atoms with Crippen molar-refractivity contribution in [2.24, 2.45) is 0 Å². The molecule has 2 N–H and O–H groups in total. The van der Waals surface area contributed by atoms with E-state index < -0.39 is 0 Å². The number of thioether (sulfide) groups is 1. The largest absolute Gasteiger partial charge is 0.326 e. The maximum atomic E-state index is 12.5. The van der Waals surface area contributed by atoms with E-state index in [9.17, 15) is 14.4 Å². The highest BCUT2D eigenvalue weighted by molar-refractivity contribution is 7.98. The molecule has 162 valence electrons. The molecule has 9 heteroatoms. The summed E-state index contributed by atoms with van der Waals surface area (Å²) in [6, 6.07) is 7.15. The molecule has 1 aliphatic carbocycles. The minimum absolute atomic E-state index is 0.0448. The molecule has 3 aromatic rings. The molecule has 0 fully saturated rings. The van der Waals surface area contributed by atoms with Crippen molar-refractivity contribution < 1.29 is 9.59 Å². The van der Waals surface area contributed by atoms with Crippen molar-refractivity contribution in [2.75, 3.05) is 23.0 Å². The summed E-state index contributed by atoms with van der Waals surface area (Å²) in [5.41, 5.74) is 2.61. The molecular weight excluding hydrogens is 432 g/mol. The number of carbonyl (C=O) groups excluding carboxylic acids is 2. The Morgan fingerprint density at radius 1 is 1.26 bits per heavy atom. The normalized spacial score (nSPS) is 12.7. The predicted molar refractivity (Wildman–Crippen MR) is 127 cm³/mol. The quantitative estimate of drug-likeness (QED) is 0.529. The third kappa shape index (κ3) is 4.83. The Morgan fingerprint density at radius 3 is 2.77 bits per heavy atom. The first-order chi connectivity index (χ1) is 14.9. The number of rotatable bonds is 7. The smallest absolute Gasteiger partial charge is 0.259 e. The summed E-state index contributed by atoms with van der Waals surface area (Å²) >= 11 is 3.21. The molecule has 0 bridgehead atoms. The molecule has 2 heterocycles. The first kappa shape index (κ1) is 21.6. The molecule has 0 spiro atoms. The number of aromatic nitrogens is 2. The molecule has 4 rings (SSSR count). The summed E-state index contributed by atoms with van der Waals surface area (Å²) in [5.74, 6) is 1.72. The van der Waals surface area contributed by atoms with E-state index in [4.69, 9.17) is 0 Å². The van der Waals surface area contributed by atoms with E-state index in [2.05, 4.69) is 15.3 Å². The van der Waals surface area contributed by atoms with E-state index in [0.717, 1.165) is 35.2 Å². The van der Waals surface area contributed by atoms with Crippen molar-refractivity contribution in [2.45, 2.75) is 38.4 Å². The lowest BCUT2D eigenvalue weighted by Gasteiger charge is -2.15. The molecular formula is C22H24N4O3S2. The van der Waals surface area contributed by atoms with Gasteiger partial charge in [-0.15, -0.1) is 11.3 Å².